The van der Waals surface area contributed by atoms with Crippen molar-refractivity contribution in [1.29, 1.82) is 0 Å². The van der Waals surface area contributed by atoms with Gasteiger partial charge in [-0.05, 0) is 0 Å². The van der Waals surface area contributed by atoms with Crippen LogP contribution in [-0.2, 0) is 0 Å². The molecular weight excluding hydrogens is 156 g/mol. The lowest BCUT2D eigenvalue weighted by Gasteiger charge is -2.30. The smallest absolute Gasteiger partial charge is 0.0413 e. The molecule has 1 aliphatic heterocycles. The second kappa shape index (κ2) is 2.72. The summed E-state index contributed by atoms with van der Waals surface area (Å²) in [6.07, 6.45) is 0. The first kappa shape index (κ1) is 7.75. The van der Waals surface area contributed by atoms with Crippen molar-refractivity contribution in [2.75, 3.05) is 0 Å². The molecule has 1 fully saturated rings. The highest BCUT2D eigenvalue weighted by Crippen LogP contribution is 2.22. The fourth-order valence-corrected chi connectivity index (χ4v) is 24.2. The van der Waals surface area contributed by atoms with Crippen LogP contribution in [0.2, 0.25) is 36.6 Å². The Hall–Kier alpha value is 0.651. The molecule has 0 aromatic heterocycles. The first-order valence-electron chi connectivity index (χ1n) is 4.10. The molecule has 1 heterocycles. The van der Waals surface area contributed by atoms with Gasteiger partial charge in [0.25, 0.3) is 0 Å². The minimum absolute atomic E-state index is 0.0961. The quantitative estimate of drug-likeness (QED) is 0.484. The van der Waals surface area contributed by atoms with Gasteiger partial charge in [0.2, 0.25) is 0 Å². The molecule has 0 bridgehead atoms. The van der Waals surface area contributed by atoms with Crippen LogP contribution in [0.4, 0.5) is 0 Å². The van der Waals surface area contributed by atoms with E-state index in [4.69, 9.17) is 0 Å². The summed E-state index contributed by atoms with van der Waals surface area (Å²) in [7, 11) is -0.146. The summed E-state index contributed by atoms with van der Waals surface area (Å²) in [6.45, 7) is 7.78. The Morgan fingerprint density at radius 1 is 1.44 bits per heavy atom. The predicted octanol–water partition coefficient (Wildman–Crippen LogP) is 1.19. The highest BCUT2D eigenvalue weighted by Gasteiger charge is 2.27. The fraction of sp³-hybridized carbons (Fsp3) is 1.00. The number of rotatable bonds is 0. The van der Waals surface area contributed by atoms with Gasteiger partial charge in [0, 0.05) is 26.4 Å². The van der Waals surface area contributed by atoms with Crippen LogP contribution in [0.3, 0.4) is 0 Å². The van der Waals surface area contributed by atoms with Gasteiger partial charge in [-0.25, -0.2) is 0 Å². The predicted molar refractivity (Wildman–Crippen MR) is 53.5 cm³/mol. The SMILES string of the molecule is C[SiH]1C[SiH2]C[Si](C)(C)C1. The van der Waals surface area contributed by atoms with E-state index < -0.39 is 8.07 Å². The van der Waals surface area contributed by atoms with Crippen LogP contribution >= 0.6 is 0 Å². The lowest BCUT2D eigenvalue weighted by molar-refractivity contribution is 1.48. The summed E-state index contributed by atoms with van der Waals surface area (Å²) in [4.78, 5) is 0. The molecule has 1 atom stereocenters. The fourth-order valence-electron chi connectivity index (χ4n) is 2.08. The topological polar surface area (TPSA) is 0 Å². The molecule has 1 rings (SSSR count). The Morgan fingerprint density at radius 2 is 2.11 bits per heavy atom. The maximum atomic E-state index is 2.60. The Balaban J connectivity index is 2.41. The van der Waals surface area contributed by atoms with Gasteiger partial charge in [-0.2, -0.15) is 0 Å². The lowest BCUT2D eigenvalue weighted by atomic mass is 11.7. The van der Waals surface area contributed by atoms with E-state index in [1.54, 1.807) is 17.0 Å². The van der Waals surface area contributed by atoms with E-state index in [1.807, 2.05) is 0 Å². The molecule has 0 aromatic rings. The van der Waals surface area contributed by atoms with E-state index >= 15 is 0 Å². The first-order valence-corrected chi connectivity index (χ1v) is 12.3. The second-order valence-electron chi connectivity index (χ2n) is 4.37. The molecule has 0 nitrogen and oxygen atoms in total. The van der Waals surface area contributed by atoms with Crippen LogP contribution in [0.1, 0.15) is 0 Å². The molecule has 1 unspecified atom stereocenters. The summed E-state index contributed by atoms with van der Waals surface area (Å²) in [5.74, 6) is 0. The van der Waals surface area contributed by atoms with Gasteiger partial charge in [0.1, 0.15) is 0 Å². The molecule has 0 spiro atoms. The molecular formula is C6H18Si3. The van der Waals surface area contributed by atoms with Gasteiger partial charge in [0.05, 0.1) is 0 Å². The molecule has 3 heteroatoms. The van der Waals surface area contributed by atoms with Crippen LogP contribution < -0.4 is 0 Å². The van der Waals surface area contributed by atoms with Gasteiger partial charge in [-0.15, -0.1) is 0 Å². The van der Waals surface area contributed by atoms with E-state index in [0.29, 0.717) is 9.52 Å². The standard InChI is InChI=1S/C6H18Si3/c1-8-4-7-5-9(2,3)6-8/h8H,4-7H2,1-3H3. The van der Waals surface area contributed by atoms with Crippen molar-refractivity contribution in [2.45, 2.75) is 36.6 Å². The van der Waals surface area contributed by atoms with Crippen molar-refractivity contribution in [3.05, 3.63) is 0 Å². The zero-order valence-electron chi connectivity index (χ0n) is 6.91. The molecule has 0 radical (unpaired) electrons. The van der Waals surface area contributed by atoms with Crippen LogP contribution in [0, 0.1) is 0 Å². The molecule has 0 aromatic carbocycles. The van der Waals surface area contributed by atoms with Crippen molar-refractivity contribution >= 4 is 26.4 Å². The summed E-state index contributed by atoms with van der Waals surface area (Å²) < 4.78 is 0. The third-order valence-electron chi connectivity index (χ3n) is 2.45. The van der Waals surface area contributed by atoms with Crippen LogP contribution in [0.15, 0.2) is 0 Å². The van der Waals surface area contributed by atoms with Gasteiger partial charge in [0.15, 0.2) is 0 Å². The van der Waals surface area contributed by atoms with E-state index in [-0.39, 0.29) is 8.80 Å². The summed E-state index contributed by atoms with van der Waals surface area (Å²) in [5, 5.41) is 0. The maximum Gasteiger partial charge on any atom is 0.0413 e. The Bertz CT molecular complexity index is 100. The van der Waals surface area contributed by atoms with E-state index in [1.165, 1.54) is 0 Å². The van der Waals surface area contributed by atoms with Gasteiger partial charge in [-0.1, -0.05) is 36.6 Å². The molecule has 0 aliphatic carbocycles. The molecule has 1 aliphatic rings. The summed E-state index contributed by atoms with van der Waals surface area (Å²) in [5.41, 5.74) is 5.28. The molecule has 0 saturated carbocycles. The van der Waals surface area contributed by atoms with Crippen LogP contribution in [0.5, 0.6) is 0 Å². The van der Waals surface area contributed by atoms with E-state index in [9.17, 15) is 0 Å². The maximum absolute atomic E-state index is 2.60. The minimum Gasteiger partial charge on any atom is -0.0724 e. The molecule has 0 amide bonds. The van der Waals surface area contributed by atoms with Gasteiger partial charge < -0.3 is 0 Å². The first-order chi connectivity index (χ1) is 4.10. The molecule has 54 valence electrons. The normalized spacial score (nSPS) is 37.0. The molecule has 0 N–H and O–H groups in total. The van der Waals surface area contributed by atoms with E-state index in [0.717, 1.165) is 0 Å². The summed E-state index contributed by atoms with van der Waals surface area (Å²) >= 11 is 0. The van der Waals surface area contributed by atoms with Gasteiger partial charge >= 0.3 is 0 Å². The monoisotopic (exact) mass is 174 g/mol. The van der Waals surface area contributed by atoms with Crippen molar-refractivity contribution < 1.29 is 0 Å². The lowest BCUT2D eigenvalue weighted by Crippen LogP contribution is -2.38. The second-order valence-corrected chi connectivity index (χ2v) is 17.6. The van der Waals surface area contributed by atoms with Crippen molar-refractivity contribution in [3.63, 3.8) is 0 Å². The highest BCUT2D eigenvalue weighted by molar-refractivity contribution is 6.98. The Morgan fingerprint density at radius 3 is 2.44 bits per heavy atom. The Kier molecular flexibility index (Phi) is 2.34. The molecule has 9 heavy (non-hydrogen) atoms. The van der Waals surface area contributed by atoms with Crippen LogP contribution in [0.25, 0.3) is 0 Å². The van der Waals surface area contributed by atoms with Crippen molar-refractivity contribution in [3.8, 4) is 0 Å². The van der Waals surface area contributed by atoms with Crippen molar-refractivity contribution in [2.24, 2.45) is 0 Å². The zero-order valence-corrected chi connectivity index (χ0v) is 10.5. The van der Waals surface area contributed by atoms with Gasteiger partial charge in [-0.3, -0.25) is 0 Å². The van der Waals surface area contributed by atoms with E-state index in [2.05, 4.69) is 19.6 Å². The highest BCUT2D eigenvalue weighted by atomic mass is 28.4. The third kappa shape index (κ3) is 2.39. The number of hydrogen-bond donors (Lipinski definition) is 0. The van der Waals surface area contributed by atoms with Crippen molar-refractivity contribution in [1.82, 2.24) is 0 Å². The third-order valence-corrected chi connectivity index (χ3v) is 22.1. The largest absolute Gasteiger partial charge is 0.0724 e. The number of hydrogen-bond acceptors (Lipinski definition) is 0. The molecule has 1 saturated heterocycles. The van der Waals surface area contributed by atoms with Crippen LogP contribution in [-0.4, -0.2) is 26.4 Å². The average Bonchev–Trinajstić information content (AvgIpc) is 1.60. The minimum atomic E-state index is -0.530. The Labute approximate surface area is 63.5 Å². The summed E-state index contributed by atoms with van der Waals surface area (Å²) in [6, 6.07) is 0. The zero-order chi connectivity index (χ0) is 6.91. The average molecular weight is 174 g/mol.